The summed E-state index contributed by atoms with van der Waals surface area (Å²) in [6.07, 6.45) is 9.29. The number of amides is 1. The number of carbonyl (C=O) groups excluding carboxylic acids is 1. The Morgan fingerprint density at radius 1 is 1.26 bits per heavy atom. The first-order valence-corrected chi connectivity index (χ1v) is 8.77. The molecule has 0 aliphatic carbocycles. The van der Waals surface area contributed by atoms with Crippen LogP contribution in [0.1, 0.15) is 52.0 Å². The van der Waals surface area contributed by atoms with Crippen molar-refractivity contribution < 1.29 is 9.53 Å². The average Bonchev–Trinajstić information content (AvgIpc) is 2.86. The summed E-state index contributed by atoms with van der Waals surface area (Å²) in [5.74, 6) is 0.314. The van der Waals surface area contributed by atoms with E-state index in [4.69, 9.17) is 4.74 Å². The van der Waals surface area contributed by atoms with Crippen LogP contribution < -0.4 is 0 Å². The lowest BCUT2D eigenvalue weighted by Crippen LogP contribution is -2.50. The normalized spacial score (nSPS) is 21.4. The third-order valence-corrected chi connectivity index (χ3v) is 4.78. The molecule has 3 nitrogen and oxygen atoms in total. The third kappa shape index (κ3) is 4.15. The Bertz CT molecular complexity index is 524. The van der Waals surface area contributed by atoms with Gasteiger partial charge in [0.15, 0.2) is 0 Å². The van der Waals surface area contributed by atoms with Gasteiger partial charge < -0.3 is 4.74 Å². The van der Waals surface area contributed by atoms with E-state index in [2.05, 4.69) is 39.0 Å². The van der Waals surface area contributed by atoms with Crippen LogP contribution in [0.25, 0.3) is 0 Å². The van der Waals surface area contributed by atoms with E-state index in [9.17, 15) is 4.79 Å². The van der Waals surface area contributed by atoms with E-state index in [-0.39, 0.29) is 11.6 Å². The number of carbonyl (C=O) groups is 1. The molecule has 1 heterocycles. The van der Waals surface area contributed by atoms with Gasteiger partial charge in [0.25, 0.3) is 0 Å². The number of allylic oxidation sites excluding steroid dienone is 1. The number of hydrogen-bond donors (Lipinski definition) is 0. The molecular formula is C20H29NO2. The van der Waals surface area contributed by atoms with Gasteiger partial charge in [-0.1, -0.05) is 70.0 Å². The van der Waals surface area contributed by atoms with Crippen molar-refractivity contribution in [2.45, 2.75) is 58.4 Å². The molecule has 0 bridgehead atoms. The quantitative estimate of drug-likeness (QED) is 0.619. The molecule has 0 unspecified atom stereocenters. The van der Waals surface area contributed by atoms with Crippen LogP contribution in [0.2, 0.25) is 0 Å². The highest BCUT2D eigenvalue weighted by atomic mass is 16.6. The summed E-state index contributed by atoms with van der Waals surface area (Å²) in [4.78, 5) is 14.1. The lowest BCUT2D eigenvalue weighted by molar-refractivity contribution is 0.151. The van der Waals surface area contributed by atoms with E-state index in [1.54, 1.807) is 0 Å². The molecule has 1 aromatic rings. The Labute approximate surface area is 140 Å². The molecule has 1 saturated heterocycles. The fourth-order valence-electron chi connectivity index (χ4n) is 3.14. The topological polar surface area (TPSA) is 29.5 Å². The molecule has 0 spiro atoms. The van der Waals surface area contributed by atoms with Crippen LogP contribution >= 0.6 is 0 Å². The molecular weight excluding hydrogens is 286 g/mol. The van der Waals surface area contributed by atoms with Crippen LogP contribution in [-0.4, -0.2) is 23.1 Å². The van der Waals surface area contributed by atoms with E-state index >= 15 is 0 Å². The summed E-state index contributed by atoms with van der Waals surface area (Å²) in [5.41, 5.74) is 0.948. The molecule has 23 heavy (non-hydrogen) atoms. The molecule has 0 radical (unpaired) electrons. The molecule has 1 amide bonds. The van der Waals surface area contributed by atoms with Gasteiger partial charge >= 0.3 is 6.09 Å². The van der Waals surface area contributed by atoms with Crippen molar-refractivity contribution in [3.63, 3.8) is 0 Å². The number of ether oxygens (including phenoxy) is 1. The van der Waals surface area contributed by atoms with Crippen molar-refractivity contribution >= 4 is 6.09 Å². The van der Waals surface area contributed by atoms with E-state index in [1.807, 2.05) is 29.3 Å². The van der Waals surface area contributed by atoms with Crippen molar-refractivity contribution in [3.05, 3.63) is 48.2 Å². The van der Waals surface area contributed by atoms with Crippen LogP contribution in [0.3, 0.4) is 0 Å². The maximum absolute atomic E-state index is 12.3. The zero-order valence-corrected chi connectivity index (χ0v) is 14.6. The first kappa shape index (κ1) is 17.6. The number of rotatable bonds is 8. The number of hydrogen-bond acceptors (Lipinski definition) is 2. The Morgan fingerprint density at radius 2 is 2.00 bits per heavy atom. The third-order valence-electron chi connectivity index (χ3n) is 4.78. The minimum atomic E-state index is -0.292. The highest BCUT2D eigenvalue weighted by molar-refractivity contribution is 5.72. The first-order valence-electron chi connectivity index (χ1n) is 8.77. The molecule has 2 rings (SSSR count). The summed E-state index contributed by atoms with van der Waals surface area (Å²) in [6, 6.07) is 10.4. The lowest BCUT2D eigenvalue weighted by atomic mass is 9.80. The van der Waals surface area contributed by atoms with Crippen molar-refractivity contribution in [2.75, 3.05) is 6.61 Å². The average molecular weight is 315 g/mol. The zero-order valence-electron chi connectivity index (χ0n) is 14.6. The maximum atomic E-state index is 12.3. The molecule has 1 aliphatic heterocycles. The summed E-state index contributed by atoms with van der Waals surface area (Å²) < 4.78 is 5.43. The van der Waals surface area contributed by atoms with E-state index in [1.165, 1.54) is 24.8 Å². The SMILES string of the molecule is CCCCC/C=C/N1C(=O)OC[C@]1(Cc1ccccc1)C(C)C. The monoisotopic (exact) mass is 315 g/mol. The highest BCUT2D eigenvalue weighted by Gasteiger charge is 2.48. The molecule has 0 saturated carbocycles. The van der Waals surface area contributed by atoms with Gasteiger partial charge in [-0.2, -0.15) is 0 Å². The second kappa shape index (κ2) is 8.19. The molecule has 0 N–H and O–H groups in total. The van der Waals surface area contributed by atoms with Gasteiger partial charge in [0.1, 0.15) is 6.61 Å². The fraction of sp³-hybridized carbons (Fsp3) is 0.550. The Hall–Kier alpha value is -1.77. The molecule has 3 heteroatoms. The number of cyclic esters (lactones) is 1. The molecule has 1 aliphatic rings. The van der Waals surface area contributed by atoms with Crippen molar-refractivity contribution in [1.82, 2.24) is 4.90 Å². The molecule has 126 valence electrons. The Kier molecular flexibility index (Phi) is 6.26. The lowest BCUT2D eigenvalue weighted by Gasteiger charge is -2.37. The smallest absolute Gasteiger partial charge is 0.414 e. The number of nitrogens with zero attached hydrogens (tertiary/aromatic N) is 1. The van der Waals surface area contributed by atoms with Gasteiger partial charge in [-0.05, 0) is 30.7 Å². The van der Waals surface area contributed by atoms with Gasteiger partial charge in [-0.3, -0.25) is 4.90 Å². The van der Waals surface area contributed by atoms with Gasteiger partial charge in [0.05, 0.1) is 5.54 Å². The standard InChI is InChI=1S/C20H29NO2/c1-4-5-6-7-11-14-21-19(22)23-16-20(21,17(2)3)15-18-12-9-8-10-13-18/h8-14,17H,4-7,15-16H2,1-3H3/b14-11+/t20-/m1/s1. The van der Waals surface area contributed by atoms with Crippen LogP contribution in [0.5, 0.6) is 0 Å². The van der Waals surface area contributed by atoms with Crippen molar-refractivity contribution in [1.29, 1.82) is 0 Å². The summed E-state index contributed by atoms with van der Waals surface area (Å²) in [5, 5.41) is 0. The Balaban J connectivity index is 2.16. The van der Waals surface area contributed by atoms with Gasteiger partial charge in [0, 0.05) is 6.20 Å². The van der Waals surface area contributed by atoms with Gasteiger partial charge in [-0.25, -0.2) is 4.79 Å². The van der Waals surface area contributed by atoms with Crippen molar-refractivity contribution in [3.8, 4) is 0 Å². The molecule has 1 aromatic carbocycles. The van der Waals surface area contributed by atoms with Crippen molar-refractivity contribution in [2.24, 2.45) is 5.92 Å². The second-order valence-electron chi connectivity index (χ2n) is 6.73. The Morgan fingerprint density at radius 3 is 2.65 bits per heavy atom. The number of unbranched alkanes of at least 4 members (excludes halogenated alkanes) is 3. The highest BCUT2D eigenvalue weighted by Crippen LogP contribution is 2.35. The summed E-state index contributed by atoms with van der Waals surface area (Å²) >= 11 is 0. The summed E-state index contributed by atoms with van der Waals surface area (Å²) in [6.45, 7) is 6.99. The van der Waals surface area contributed by atoms with E-state index in [0.29, 0.717) is 12.5 Å². The van der Waals surface area contributed by atoms with E-state index < -0.39 is 0 Å². The molecule has 0 aromatic heterocycles. The largest absolute Gasteiger partial charge is 0.447 e. The minimum absolute atomic E-state index is 0.221. The van der Waals surface area contributed by atoms with Gasteiger partial charge in [-0.15, -0.1) is 0 Å². The second-order valence-corrected chi connectivity index (χ2v) is 6.73. The van der Waals surface area contributed by atoms with Crippen LogP contribution in [0.4, 0.5) is 4.79 Å². The predicted molar refractivity (Wildman–Crippen MR) is 94.2 cm³/mol. The molecule has 1 fully saturated rings. The fourth-order valence-corrected chi connectivity index (χ4v) is 3.14. The predicted octanol–water partition coefficient (Wildman–Crippen LogP) is 5.17. The zero-order chi connectivity index (χ0) is 16.7. The minimum Gasteiger partial charge on any atom is -0.447 e. The van der Waals surface area contributed by atoms with Crippen LogP contribution in [0, 0.1) is 5.92 Å². The number of benzene rings is 1. The summed E-state index contributed by atoms with van der Waals surface area (Å²) in [7, 11) is 0. The van der Waals surface area contributed by atoms with Crippen LogP contribution in [-0.2, 0) is 11.2 Å². The van der Waals surface area contributed by atoms with Crippen LogP contribution in [0.15, 0.2) is 42.6 Å². The maximum Gasteiger partial charge on any atom is 0.414 e. The van der Waals surface area contributed by atoms with E-state index in [0.717, 1.165) is 12.8 Å². The van der Waals surface area contributed by atoms with Gasteiger partial charge in [0.2, 0.25) is 0 Å². The molecule has 1 atom stereocenters. The first-order chi connectivity index (χ1) is 11.1.